The standard InChI is InChI=1S/C18H25N5O3/c1-12-15(13(2)26-22-12)5-8-19-17(24)16-10-23(9-14(16)11-25-3)18-20-6-4-7-21-18/h4,6-7,14,16H,5,8-11H2,1-3H3,(H,19,24)/t14-,16+/m0/s1. The summed E-state index contributed by atoms with van der Waals surface area (Å²) in [6.07, 6.45) is 4.13. The first kappa shape index (κ1) is 18.3. The minimum Gasteiger partial charge on any atom is -0.384 e. The lowest BCUT2D eigenvalue weighted by Crippen LogP contribution is -2.37. The first-order valence-electron chi connectivity index (χ1n) is 8.80. The maximum atomic E-state index is 12.7. The average Bonchev–Trinajstić information content (AvgIpc) is 3.21. The molecule has 1 fully saturated rings. The molecule has 0 saturated carbocycles. The fraction of sp³-hybridized carbons (Fsp3) is 0.556. The van der Waals surface area contributed by atoms with E-state index in [0.717, 1.165) is 17.0 Å². The van der Waals surface area contributed by atoms with Crippen LogP contribution >= 0.6 is 0 Å². The fourth-order valence-electron chi connectivity index (χ4n) is 3.47. The lowest BCUT2D eigenvalue weighted by molar-refractivity contribution is -0.126. The normalized spacial score (nSPS) is 19.7. The summed E-state index contributed by atoms with van der Waals surface area (Å²) in [5, 5.41) is 6.99. The number of hydrogen-bond donors (Lipinski definition) is 1. The third-order valence-corrected chi connectivity index (χ3v) is 4.85. The predicted octanol–water partition coefficient (Wildman–Crippen LogP) is 1.14. The molecular weight excluding hydrogens is 334 g/mol. The van der Waals surface area contributed by atoms with E-state index in [1.54, 1.807) is 25.6 Å². The Morgan fingerprint density at radius 3 is 2.77 bits per heavy atom. The molecule has 0 radical (unpaired) electrons. The van der Waals surface area contributed by atoms with Crippen LogP contribution in [0.2, 0.25) is 0 Å². The van der Waals surface area contributed by atoms with E-state index in [2.05, 4.69) is 20.4 Å². The van der Waals surface area contributed by atoms with Gasteiger partial charge in [-0.2, -0.15) is 0 Å². The highest BCUT2D eigenvalue weighted by atomic mass is 16.5. The number of nitrogens with one attached hydrogen (secondary N) is 1. The first-order valence-corrected chi connectivity index (χ1v) is 8.80. The number of amides is 1. The van der Waals surface area contributed by atoms with Crippen molar-refractivity contribution in [1.82, 2.24) is 20.4 Å². The van der Waals surface area contributed by atoms with Crippen LogP contribution < -0.4 is 10.2 Å². The molecule has 0 aromatic carbocycles. The topological polar surface area (TPSA) is 93.4 Å². The summed E-state index contributed by atoms with van der Waals surface area (Å²) in [7, 11) is 1.66. The van der Waals surface area contributed by atoms with Gasteiger partial charge in [0.25, 0.3) is 0 Å². The van der Waals surface area contributed by atoms with Gasteiger partial charge in [0.15, 0.2) is 0 Å². The van der Waals surface area contributed by atoms with Gasteiger partial charge in [-0.1, -0.05) is 5.16 Å². The third-order valence-electron chi connectivity index (χ3n) is 4.85. The zero-order valence-corrected chi connectivity index (χ0v) is 15.4. The minimum absolute atomic E-state index is 0.0391. The van der Waals surface area contributed by atoms with Crippen molar-refractivity contribution in [3.8, 4) is 0 Å². The molecule has 140 valence electrons. The predicted molar refractivity (Wildman–Crippen MR) is 95.8 cm³/mol. The van der Waals surface area contributed by atoms with Gasteiger partial charge in [-0.05, 0) is 26.3 Å². The van der Waals surface area contributed by atoms with Crippen LogP contribution in [-0.2, 0) is 16.0 Å². The van der Waals surface area contributed by atoms with E-state index in [-0.39, 0.29) is 17.7 Å². The molecule has 2 aromatic rings. The van der Waals surface area contributed by atoms with Crippen LogP contribution in [0.3, 0.4) is 0 Å². The number of hydrogen-bond acceptors (Lipinski definition) is 7. The number of rotatable bonds is 7. The van der Waals surface area contributed by atoms with Gasteiger partial charge in [-0.15, -0.1) is 0 Å². The molecule has 0 unspecified atom stereocenters. The number of nitrogens with zero attached hydrogens (tertiary/aromatic N) is 4. The van der Waals surface area contributed by atoms with Crippen molar-refractivity contribution in [3.05, 3.63) is 35.5 Å². The van der Waals surface area contributed by atoms with Gasteiger partial charge in [0.05, 0.1) is 18.2 Å². The zero-order valence-electron chi connectivity index (χ0n) is 15.4. The van der Waals surface area contributed by atoms with Crippen molar-refractivity contribution in [1.29, 1.82) is 0 Å². The number of carbonyl (C=O) groups excluding carboxylic acids is 1. The number of aromatic nitrogens is 3. The van der Waals surface area contributed by atoms with E-state index >= 15 is 0 Å². The monoisotopic (exact) mass is 359 g/mol. The lowest BCUT2D eigenvalue weighted by Gasteiger charge is -2.16. The summed E-state index contributed by atoms with van der Waals surface area (Å²) in [6, 6.07) is 1.78. The van der Waals surface area contributed by atoms with Crippen molar-refractivity contribution in [2.75, 3.05) is 38.3 Å². The maximum Gasteiger partial charge on any atom is 0.225 e. The molecule has 8 heteroatoms. The molecule has 2 atom stereocenters. The van der Waals surface area contributed by atoms with Crippen LogP contribution in [0.15, 0.2) is 23.0 Å². The SMILES string of the molecule is COC[C@@H]1CN(c2ncccn2)C[C@H]1C(=O)NCCc1c(C)noc1C. The van der Waals surface area contributed by atoms with E-state index in [1.165, 1.54) is 0 Å². The van der Waals surface area contributed by atoms with Crippen molar-refractivity contribution in [2.24, 2.45) is 11.8 Å². The highest BCUT2D eigenvalue weighted by Crippen LogP contribution is 2.26. The molecule has 1 saturated heterocycles. The fourth-order valence-corrected chi connectivity index (χ4v) is 3.47. The largest absolute Gasteiger partial charge is 0.384 e. The quantitative estimate of drug-likeness (QED) is 0.792. The Kier molecular flexibility index (Phi) is 5.82. The summed E-state index contributed by atoms with van der Waals surface area (Å²) in [5.74, 6) is 1.46. The Balaban J connectivity index is 1.59. The Hall–Kier alpha value is -2.48. The van der Waals surface area contributed by atoms with E-state index in [9.17, 15) is 4.79 Å². The van der Waals surface area contributed by atoms with Crippen LogP contribution in [0.5, 0.6) is 0 Å². The number of aryl methyl sites for hydroxylation is 2. The molecule has 26 heavy (non-hydrogen) atoms. The van der Waals surface area contributed by atoms with Gasteiger partial charge in [-0.25, -0.2) is 9.97 Å². The summed E-state index contributed by atoms with van der Waals surface area (Å²) in [4.78, 5) is 23.4. The molecule has 1 aliphatic rings. The van der Waals surface area contributed by atoms with Gasteiger partial charge in [0.2, 0.25) is 11.9 Å². The lowest BCUT2D eigenvalue weighted by atomic mass is 9.96. The molecule has 1 N–H and O–H groups in total. The molecule has 3 heterocycles. The van der Waals surface area contributed by atoms with Gasteiger partial charge >= 0.3 is 0 Å². The molecule has 3 rings (SSSR count). The molecule has 0 bridgehead atoms. The summed E-state index contributed by atoms with van der Waals surface area (Å²) >= 11 is 0. The maximum absolute atomic E-state index is 12.7. The van der Waals surface area contributed by atoms with Crippen LogP contribution in [0.25, 0.3) is 0 Å². The number of carbonyl (C=O) groups is 1. The summed E-state index contributed by atoms with van der Waals surface area (Å²) in [6.45, 7) is 6.19. The molecule has 1 amide bonds. The van der Waals surface area contributed by atoms with Gasteiger partial charge < -0.3 is 19.5 Å². The highest BCUT2D eigenvalue weighted by molar-refractivity contribution is 5.80. The van der Waals surface area contributed by atoms with Crippen molar-refractivity contribution in [3.63, 3.8) is 0 Å². The zero-order chi connectivity index (χ0) is 18.5. The van der Waals surface area contributed by atoms with E-state index in [1.807, 2.05) is 18.7 Å². The Labute approximate surface area is 152 Å². The second-order valence-corrected chi connectivity index (χ2v) is 6.62. The van der Waals surface area contributed by atoms with Crippen molar-refractivity contribution in [2.45, 2.75) is 20.3 Å². The molecule has 1 aliphatic heterocycles. The highest BCUT2D eigenvalue weighted by Gasteiger charge is 2.38. The number of ether oxygens (including phenoxy) is 1. The Morgan fingerprint density at radius 2 is 2.12 bits per heavy atom. The van der Waals surface area contributed by atoms with Gasteiger partial charge in [0.1, 0.15) is 5.76 Å². The number of anilines is 1. The van der Waals surface area contributed by atoms with Crippen LogP contribution in [0.1, 0.15) is 17.0 Å². The molecule has 0 aliphatic carbocycles. The van der Waals surface area contributed by atoms with Gasteiger partial charge in [0, 0.05) is 50.6 Å². The van der Waals surface area contributed by atoms with Crippen LogP contribution in [-0.4, -0.2) is 54.4 Å². The summed E-state index contributed by atoms with van der Waals surface area (Å²) < 4.78 is 10.5. The second kappa shape index (κ2) is 8.27. The Bertz CT molecular complexity index is 714. The van der Waals surface area contributed by atoms with Crippen molar-refractivity contribution >= 4 is 11.9 Å². The van der Waals surface area contributed by atoms with Gasteiger partial charge in [-0.3, -0.25) is 4.79 Å². The molecule has 8 nitrogen and oxygen atoms in total. The average molecular weight is 359 g/mol. The summed E-state index contributed by atoms with van der Waals surface area (Å²) in [5.41, 5.74) is 1.94. The third kappa shape index (κ3) is 4.01. The smallest absolute Gasteiger partial charge is 0.225 e. The molecular formula is C18H25N5O3. The Morgan fingerprint density at radius 1 is 1.35 bits per heavy atom. The number of methoxy groups -OCH3 is 1. The van der Waals surface area contributed by atoms with E-state index in [4.69, 9.17) is 9.26 Å². The van der Waals surface area contributed by atoms with Crippen LogP contribution in [0.4, 0.5) is 5.95 Å². The minimum atomic E-state index is -0.150. The van der Waals surface area contributed by atoms with E-state index in [0.29, 0.717) is 38.6 Å². The second-order valence-electron chi connectivity index (χ2n) is 6.62. The molecule has 2 aromatic heterocycles. The molecule has 0 spiro atoms. The van der Waals surface area contributed by atoms with E-state index < -0.39 is 0 Å². The first-order chi connectivity index (χ1) is 12.6. The van der Waals surface area contributed by atoms with Crippen molar-refractivity contribution < 1.29 is 14.1 Å². The van der Waals surface area contributed by atoms with Crippen LogP contribution in [0, 0.1) is 25.7 Å².